The summed E-state index contributed by atoms with van der Waals surface area (Å²) in [7, 11) is 1.67. The van der Waals surface area contributed by atoms with Crippen molar-refractivity contribution in [2.24, 2.45) is 5.41 Å². The number of nitrogens with two attached hydrogens (primary N) is 2. The largest absolute Gasteiger partial charge is 0.497 e. The van der Waals surface area contributed by atoms with Crippen LogP contribution in [-0.4, -0.2) is 41.9 Å². The molecule has 0 saturated carbocycles. The molecule has 0 unspecified atom stereocenters. The predicted molar refractivity (Wildman–Crippen MR) is 98.5 cm³/mol. The van der Waals surface area contributed by atoms with Crippen LogP contribution in [0.25, 0.3) is 0 Å². The Morgan fingerprint density at radius 1 is 1.20 bits per heavy atom. The Kier molecular flexibility index (Phi) is 4.94. The molecular weight excluding hydrogens is 318 g/mol. The summed E-state index contributed by atoms with van der Waals surface area (Å²) in [6.45, 7) is 1.74. The van der Waals surface area contributed by atoms with Gasteiger partial charge in [0.1, 0.15) is 17.4 Å². The fourth-order valence-electron chi connectivity index (χ4n) is 3.45. The molecule has 25 heavy (non-hydrogen) atoms. The molecule has 1 aromatic carbocycles. The van der Waals surface area contributed by atoms with Gasteiger partial charge in [-0.2, -0.15) is 9.97 Å². The van der Waals surface area contributed by atoms with E-state index in [1.165, 1.54) is 5.56 Å². The lowest BCUT2D eigenvalue weighted by molar-refractivity contribution is 0.0961. The Balaban J connectivity index is 1.71. The van der Waals surface area contributed by atoms with E-state index in [0.29, 0.717) is 5.82 Å². The number of hydrogen-bond acceptors (Lipinski definition) is 7. The first kappa shape index (κ1) is 17.3. The molecule has 1 aromatic heterocycles. The van der Waals surface area contributed by atoms with Crippen LogP contribution in [0, 0.1) is 5.41 Å². The summed E-state index contributed by atoms with van der Waals surface area (Å²) in [6, 6.07) is 9.78. The number of nitrogens with zero attached hydrogens (tertiary/aromatic N) is 3. The van der Waals surface area contributed by atoms with Gasteiger partial charge in [-0.1, -0.05) is 12.1 Å². The van der Waals surface area contributed by atoms with Crippen molar-refractivity contribution in [3.63, 3.8) is 0 Å². The highest BCUT2D eigenvalue weighted by Gasteiger charge is 2.34. The van der Waals surface area contributed by atoms with Gasteiger partial charge in [-0.15, -0.1) is 0 Å². The third-order valence-corrected chi connectivity index (χ3v) is 4.95. The van der Waals surface area contributed by atoms with Crippen molar-refractivity contribution in [3.8, 4) is 5.75 Å². The lowest BCUT2D eigenvalue weighted by Gasteiger charge is -2.41. The Bertz CT molecular complexity index is 709. The minimum atomic E-state index is -0.132. The molecule has 134 valence electrons. The van der Waals surface area contributed by atoms with Gasteiger partial charge in [-0.05, 0) is 37.0 Å². The average Bonchev–Trinajstić information content (AvgIpc) is 2.61. The highest BCUT2D eigenvalue weighted by atomic mass is 16.5. The summed E-state index contributed by atoms with van der Waals surface area (Å²) in [5.41, 5.74) is 12.5. The van der Waals surface area contributed by atoms with Crippen LogP contribution in [0.3, 0.4) is 0 Å². The molecule has 1 saturated heterocycles. The van der Waals surface area contributed by atoms with Gasteiger partial charge in [-0.25, -0.2) is 0 Å². The molecule has 1 aliphatic heterocycles. The van der Waals surface area contributed by atoms with E-state index in [1.807, 2.05) is 18.2 Å². The van der Waals surface area contributed by atoms with Crippen LogP contribution in [0.15, 0.2) is 30.3 Å². The van der Waals surface area contributed by atoms with E-state index in [1.54, 1.807) is 13.2 Å². The standard InChI is InChI=1S/C18H25N5O2/c1-25-14-4-2-3-13(9-14)11-18(12-24)5-7-23(8-6-18)16-10-15(19)21-17(20)22-16/h2-4,9-10,24H,5-8,11-12H2,1H3,(H4,19,20,21,22). The van der Waals surface area contributed by atoms with Gasteiger partial charge in [-0.3, -0.25) is 0 Å². The van der Waals surface area contributed by atoms with Gasteiger partial charge in [0, 0.05) is 31.2 Å². The van der Waals surface area contributed by atoms with Crippen LogP contribution in [0.5, 0.6) is 5.75 Å². The molecule has 0 bridgehead atoms. The van der Waals surface area contributed by atoms with Crippen LogP contribution in [0.4, 0.5) is 17.6 Å². The number of benzene rings is 1. The van der Waals surface area contributed by atoms with Crippen molar-refractivity contribution >= 4 is 17.6 Å². The van der Waals surface area contributed by atoms with Gasteiger partial charge >= 0.3 is 0 Å². The maximum atomic E-state index is 10.1. The van der Waals surface area contributed by atoms with Crippen molar-refractivity contribution in [2.45, 2.75) is 19.3 Å². The smallest absolute Gasteiger partial charge is 0.223 e. The van der Waals surface area contributed by atoms with E-state index >= 15 is 0 Å². The van der Waals surface area contributed by atoms with Crippen LogP contribution in [0.2, 0.25) is 0 Å². The predicted octanol–water partition coefficient (Wildman–Crippen LogP) is 1.47. The van der Waals surface area contributed by atoms with Gasteiger partial charge < -0.3 is 26.2 Å². The maximum Gasteiger partial charge on any atom is 0.223 e. The zero-order chi connectivity index (χ0) is 17.9. The molecule has 3 rings (SSSR count). The molecular formula is C18H25N5O2. The highest BCUT2D eigenvalue weighted by molar-refractivity contribution is 5.50. The summed E-state index contributed by atoms with van der Waals surface area (Å²) in [5.74, 6) is 2.15. The minimum absolute atomic E-state index is 0.132. The van der Waals surface area contributed by atoms with Gasteiger partial charge in [0.15, 0.2) is 0 Å². The highest BCUT2D eigenvalue weighted by Crippen LogP contribution is 2.36. The zero-order valence-corrected chi connectivity index (χ0v) is 14.5. The van der Waals surface area contributed by atoms with Crippen molar-refractivity contribution in [1.29, 1.82) is 0 Å². The molecule has 2 heterocycles. The summed E-state index contributed by atoms with van der Waals surface area (Å²) in [6.07, 6.45) is 2.55. The van der Waals surface area contributed by atoms with Crippen molar-refractivity contribution < 1.29 is 9.84 Å². The molecule has 0 atom stereocenters. The third kappa shape index (κ3) is 3.93. The van der Waals surface area contributed by atoms with E-state index in [-0.39, 0.29) is 18.0 Å². The Morgan fingerprint density at radius 2 is 1.96 bits per heavy atom. The number of rotatable bonds is 5. The normalized spacial score (nSPS) is 16.6. The molecule has 1 fully saturated rings. The summed E-state index contributed by atoms with van der Waals surface area (Å²) in [4.78, 5) is 10.3. The second-order valence-electron chi connectivity index (χ2n) is 6.68. The second-order valence-corrected chi connectivity index (χ2v) is 6.68. The average molecular weight is 343 g/mol. The van der Waals surface area contributed by atoms with Gasteiger partial charge in [0.05, 0.1) is 7.11 Å². The fraction of sp³-hybridized carbons (Fsp3) is 0.444. The molecule has 2 aromatic rings. The SMILES string of the molecule is COc1cccc(CC2(CO)CCN(c3cc(N)nc(N)n3)CC2)c1. The third-order valence-electron chi connectivity index (χ3n) is 4.95. The number of aliphatic hydroxyl groups is 1. The van der Waals surface area contributed by atoms with Crippen LogP contribution < -0.4 is 21.1 Å². The van der Waals surface area contributed by atoms with E-state index in [0.717, 1.165) is 43.9 Å². The van der Waals surface area contributed by atoms with E-state index in [2.05, 4.69) is 20.9 Å². The number of aliphatic hydroxyl groups excluding tert-OH is 1. The van der Waals surface area contributed by atoms with E-state index in [9.17, 15) is 5.11 Å². The Labute approximate surface area is 147 Å². The topological polar surface area (TPSA) is 111 Å². The van der Waals surface area contributed by atoms with E-state index < -0.39 is 0 Å². The Morgan fingerprint density at radius 3 is 2.60 bits per heavy atom. The summed E-state index contributed by atoms with van der Waals surface area (Å²) < 4.78 is 5.30. The number of aromatic nitrogens is 2. The number of hydrogen-bond donors (Lipinski definition) is 3. The second kappa shape index (κ2) is 7.14. The quantitative estimate of drug-likeness (QED) is 0.754. The molecule has 0 aliphatic carbocycles. The fourth-order valence-corrected chi connectivity index (χ4v) is 3.45. The first-order valence-electron chi connectivity index (χ1n) is 8.42. The molecule has 0 spiro atoms. The van der Waals surface area contributed by atoms with Gasteiger partial charge in [0.2, 0.25) is 5.95 Å². The first-order valence-corrected chi connectivity index (χ1v) is 8.42. The lowest BCUT2D eigenvalue weighted by atomic mass is 9.74. The summed E-state index contributed by atoms with van der Waals surface area (Å²) >= 11 is 0. The number of piperidine rings is 1. The van der Waals surface area contributed by atoms with Gasteiger partial charge in [0.25, 0.3) is 0 Å². The number of anilines is 3. The van der Waals surface area contributed by atoms with E-state index in [4.69, 9.17) is 16.2 Å². The lowest BCUT2D eigenvalue weighted by Crippen LogP contribution is -2.43. The Hall–Kier alpha value is -2.54. The van der Waals surface area contributed by atoms with Crippen LogP contribution >= 0.6 is 0 Å². The number of methoxy groups -OCH3 is 1. The van der Waals surface area contributed by atoms with Crippen LogP contribution in [-0.2, 0) is 6.42 Å². The van der Waals surface area contributed by atoms with Crippen molar-refractivity contribution in [2.75, 3.05) is 43.2 Å². The monoisotopic (exact) mass is 343 g/mol. The van der Waals surface area contributed by atoms with Crippen LogP contribution in [0.1, 0.15) is 18.4 Å². The first-order chi connectivity index (χ1) is 12.0. The summed E-state index contributed by atoms with van der Waals surface area (Å²) in [5, 5.41) is 10.1. The number of ether oxygens (including phenoxy) is 1. The molecule has 0 amide bonds. The number of nitrogen functional groups attached to an aromatic ring is 2. The zero-order valence-electron chi connectivity index (χ0n) is 14.5. The molecule has 7 heteroatoms. The minimum Gasteiger partial charge on any atom is -0.497 e. The maximum absolute atomic E-state index is 10.1. The molecule has 7 nitrogen and oxygen atoms in total. The van der Waals surface area contributed by atoms with Crippen molar-refractivity contribution in [3.05, 3.63) is 35.9 Å². The molecule has 1 aliphatic rings. The molecule has 5 N–H and O–H groups in total. The molecule has 0 radical (unpaired) electrons. The van der Waals surface area contributed by atoms with Crippen molar-refractivity contribution in [1.82, 2.24) is 9.97 Å².